The van der Waals surface area contributed by atoms with Crippen molar-refractivity contribution in [2.24, 2.45) is 0 Å². The zero-order chi connectivity index (χ0) is 19.1. The Balaban J connectivity index is 1.70. The van der Waals surface area contributed by atoms with Gasteiger partial charge in [-0.25, -0.2) is 9.97 Å². The second kappa shape index (κ2) is 8.62. The van der Waals surface area contributed by atoms with Gasteiger partial charge in [0.25, 0.3) is 5.91 Å². The molecule has 0 unspecified atom stereocenters. The predicted octanol–water partition coefficient (Wildman–Crippen LogP) is 4.24. The van der Waals surface area contributed by atoms with Crippen LogP contribution in [0.15, 0.2) is 73.3 Å². The number of benzene rings is 2. The molecule has 0 fully saturated rings. The van der Waals surface area contributed by atoms with E-state index in [1.54, 1.807) is 12.1 Å². The maximum absolute atomic E-state index is 12.1. The molecule has 3 rings (SSSR count). The van der Waals surface area contributed by atoms with E-state index in [0.29, 0.717) is 23.9 Å². The molecule has 6 heteroatoms. The van der Waals surface area contributed by atoms with E-state index in [9.17, 15) is 4.79 Å². The third-order valence-electron chi connectivity index (χ3n) is 3.58. The molecule has 3 aromatic rings. The van der Waals surface area contributed by atoms with Crippen molar-refractivity contribution in [3.8, 4) is 11.5 Å². The van der Waals surface area contributed by atoms with Gasteiger partial charge in [0, 0.05) is 17.9 Å². The summed E-state index contributed by atoms with van der Waals surface area (Å²) in [4.78, 5) is 20.7. The van der Waals surface area contributed by atoms with E-state index < -0.39 is 0 Å². The van der Waals surface area contributed by atoms with Crippen molar-refractivity contribution in [2.75, 3.05) is 11.9 Å². The molecule has 1 amide bonds. The molecule has 0 radical (unpaired) electrons. The minimum atomic E-state index is -0.268. The van der Waals surface area contributed by atoms with E-state index in [-0.39, 0.29) is 5.91 Å². The maximum atomic E-state index is 12.1. The summed E-state index contributed by atoms with van der Waals surface area (Å²) < 4.78 is 5.77. The summed E-state index contributed by atoms with van der Waals surface area (Å²) in [7, 11) is 0. The van der Waals surface area contributed by atoms with Crippen LogP contribution in [0.3, 0.4) is 0 Å². The summed E-state index contributed by atoms with van der Waals surface area (Å²) in [5.41, 5.74) is 1.79. The standard InChI is InChI=1S/C21H20N4O2/c1-3-13-22-20(26)19-14-15(2)23-21(25-19)24-16-9-11-18(12-10-16)27-17-7-5-4-6-8-17/h3-12,14H,1,13H2,2H3,(H,22,26)(H,23,24,25). The van der Waals surface area contributed by atoms with Crippen LogP contribution in [0, 0.1) is 6.92 Å². The Kier molecular flexibility index (Phi) is 5.79. The number of ether oxygens (including phenoxy) is 1. The van der Waals surface area contributed by atoms with Gasteiger partial charge in [-0.3, -0.25) is 4.79 Å². The Morgan fingerprint density at radius 3 is 2.48 bits per heavy atom. The monoisotopic (exact) mass is 360 g/mol. The van der Waals surface area contributed by atoms with E-state index in [1.807, 2.05) is 61.5 Å². The summed E-state index contributed by atoms with van der Waals surface area (Å²) >= 11 is 0. The average molecular weight is 360 g/mol. The fourth-order valence-corrected chi connectivity index (χ4v) is 2.36. The van der Waals surface area contributed by atoms with Gasteiger partial charge in [-0.15, -0.1) is 6.58 Å². The first kappa shape index (κ1) is 18.1. The van der Waals surface area contributed by atoms with Crippen molar-refractivity contribution in [1.29, 1.82) is 0 Å². The first-order chi connectivity index (χ1) is 13.1. The molecule has 0 atom stereocenters. The molecule has 0 spiro atoms. The lowest BCUT2D eigenvalue weighted by Crippen LogP contribution is -2.24. The predicted molar refractivity (Wildman–Crippen MR) is 106 cm³/mol. The molecule has 1 aromatic heterocycles. The van der Waals surface area contributed by atoms with Crippen LogP contribution in [0.1, 0.15) is 16.2 Å². The van der Waals surface area contributed by atoms with Crippen molar-refractivity contribution in [2.45, 2.75) is 6.92 Å². The summed E-state index contributed by atoms with van der Waals surface area (Å²) in [5.74, 6) is 1.59. The van der Waals surface area contributed by atoms with Gasteiger partial charge in [-0.05, 0) is 49.4 Å². The number of nitrogens with zero attached hydrogens (tertiary/aromatic N) is 2. The Morgan fingerprint density at radius 2 is 1.78 bits per heavy atom. The lowest BCUT2D eigenvalue weighted by atomic mass is 10.3. The Hall–Kier alpha value is -3.67. The lowest BCUT2D eigenvalue weighted by Gasteiger charge is -2.09. The summed E-state index contributed by atoms with van der Waals surface area (Å²) in [6, 6.07) is 18.6. The van der Waals surface area contributed by atoms with Gasteiger partial charge in [0.15, 0.2) is 0 Å². The Bertz CT molecular complexity index is 925. The van der Waals surface area contributed by atoms with Crippen molar-refractivity contribution in [3.05, 3.63) is 84.7 Å². The normalized spacial score (nSPS) is 10.1. The number of hydrogen-bond acceptors (Lipinski definition) is 5. The van der Waals surface area contributed by atoms with Crippen LogP contribution in [-0.2, 0) is 0 Å². The van der Waals surface area contributed by atoms with Crippen molar-refractivity contribution in [1.82, 2.24) is 15.3 Å². The van der Waals surface area contributed by atoms with Crippen LogP contribution in [0.4, 0.5) is 11.6 Å². The number of amides is 1. The molecule has 0 saturated carbocycles. The molecule has 1 heterocycles. The number of nitrogens with one attached hydrogen (secondary N) is 2. The quantitative estimate of drug-likeness (QED) is 0.617. The number of hydrogen-bond donors (Lipinski definition) is 2. The summed E-state index contributed by atoms with van der Waals surface area (Å²) in [5, 5.41) is 5.82. The van der Waals surface area contributed by atoms with Crippen LogP contribution in [0.2, 0.25) is 0 Å². The highest BCUT2D eigenvalue weighted by molar-refractivity contribution is 5.92. The Labute approximate surface area is 157 Å². The second-order valence-corrected chi connectivity index (χ2v) is 5.78. The highest BCUT2D eigenvalue weighted by Gasteiger charge is 2.10. The highest BCUT2D eigenvalue weighted by Crippen LogP contribution is 2.23. The van der Waals surface area contributed by atoms with Gasteiger partial charge in [-0.2, -0.15) is 0 Å². The first-order valence-electron chi connectivity index (χ1n) is 8.49. The molecule has 0 aliphatic carbocycles. The van der Waals surface area contributed by atoms with Gasteiger partial charge < -0.3 is 15.4 Å². The van der Waals surface area contributed by atoms with Gasteiger partial charge in [0.2, 0.25) is 5.95 Å². The van der Waals surface area contributed by atoms with Gasteiger partial charge in [0.05, 0.1) is 0 Å². The van der Waals surface area contributed by atoms with E-state index >= 15 is 0 Å². The molecule has 2 aromatic carbocycles. The zero-order valence-electron chi connectivity index (χ0n) is 15.0. The van der Waals surface area contributed by atoms with E-state index in [4.69, 9.17) is 4.74 Å². The van der Waals surface area contributed by atoms with E-state index in [1.165, 1.54) is 0 Å². The highest BCUT2D eigenvalue weighted by atomic mass is 16.5. The van der Waals surface area contributed by atoms with Crippen LogP contribution < -0.4 is 15.4 Å². The number of para-hydroxylation sites is 1. The average Bonchev–Trinajstić information content (AvgIpc) is 2.68. The minimum Gasteiger partial charge on any atom is -0.457 e. The molecule has 0 bridgehead atoms. The smallest absolute Gasteiger partial charge is 0.270 e. The van der Waals surface area contributed by atoms with Crippen molar-refractivity contribution >= 4 is 17.5 Å². The molecular formula is C21H20N4O2. The molecule has 2 N–H and O–H groups in total. The molecule has 6 nitrogen and oxygen atoms in total. The lowest BCUT2D eigenvalue weighted by molar-refractivity contribution is 0.0953. The maximum Gasteiger partial charge on any atom is 0.270 e. The largest absolute Gasteiger partial charge is 0.457 e. The van der Waals surface area contributed by atoms with Crippen LogP contribution >= 0.6 is 0 Å². The van der Waals surface area contributed by atoms with Gasteiger partial charge >= 0.3 is 0 Å². The van der Waals surface area contributed by atoms with E-state index in [2.05, 4.69) is 27.2 Å². The molecule has 0 aliphatic heterocycles. The number of carbonyl (C=O) groups excluding carboxylic acids is 1. The summed E-state index contributed by atoms with van der Waals surface area (Å²) in [6.07, 6.45) is 1.62. The van der Waals surface area contributed by atoms with Gasteiger partial charge in [0.1, 0.15) is 17.2 Å². The molecule has 0 aliphatic rings. The van der Waals surface area contributed by atoms with Crippen molar-refractivity contribution < 1.29 is 9.53 Å². The van der Waals surface area contributed by atoms with Crippen molar-refractivity contribution in [3.63, 3.8) is 0 Å². The third-order valence-corrected chi connectivity index (χ3v) is 3.58. The second-order valence-electron chi connectivity index (χ2n) is 5.78. The van der Waals surface area contributed by atoms with Gasteiger partial charge in [-0.1, -0.05) is 24.3 Å². The Morgan fingerprint density at radius 1 is 1.07 bits per heavy atom. The topological polar surface area (TPSA) is 76.1 Å². The fourth-order valence-electron chi connectivity index (χ4n) is 2.36. The van der Waals surface area contributed by atoms with Crippen LogP contribution in [0.25, 0.3) is 0 Å². The number of anilines is 2. The minimum absolute atomic E-state index is 0.268. The number of aryl methyl sites for hydroxylation is 1. The van der Waals surface area contributed by atoms with E-state index in [0.717, 1.165) is 17.2 Å². The third kappa shape index (κ3) is 5.15. The van der Waals surface area contributed by atoms with Crippen LogP contribution in [0.5, 0.6) is 11.5 Å². The molecule has 136 valence electrons. The number of rotatable bonds is 7. The number of aromatic nitrogens is 2. The molecule has 0 saturated heterocycles. The first-order valence-corrected chi connectivity index (χ1v) is 8.49. The molecule has 27 heavy (non-hydrogen) atoms. The molecular weight excluding hydrogens is 340 g/mol. The summed E-state index contributed by atoms with van der Waals surface area (Å²) in [6.45, 7) is 5.78. The zero-order valence-corrected chi connectivity index (χ0v) is 15.0. The fraction of sp³-hybridized carbons (Fsp3) is 0.0952. The number of carbonyl (C=O) groups is 1. The SMILES string of the molecule is C=CCNC(=O)c1cc(C)nc(Nc2ccc(Oc3ccccc3)cc2)n1. The van der Waals surface area contributed by atoms with Crippen LogP contribution in [-0.4, -0.2) is 22.4 Å².